The Balaban J connectivity index is 1.19. The fraction of sp³-hybridized carbons (Fsp3) is 0.433. The summed E-state index contributed by atoms with van der Waals surface area (Å²) in [7, 11) is 2.16. The van der Waals surface area contributed by atoms with Crippen LogP contribution in [0.15, 0.2) is 54.7 Å². The molecule has 0 aliphatic carbocycles. The van der Waals surface area contributed by atoms with Gasteiger partial charge in [0.15, 0.2) is 0 Å². The normalized spacial score (nSPS) is 18.1. The van der Waals surface area contributed by atoms with E-state index < -0.39 is 5.60 Å². The first-order valence-corrected chi connectivity index (χ1v) is 13.8. The number of amides is 1. The lowest BCUT2D eigenvalue weighted by Crippen LogP contribution is -2.44. The number of rotatable bonds is 6. The molecule has 3 heterocycles. The van der Waals surface area contributed by atoms with Gasteiger partial charge in [-0.1, -0.05) is 0 Å². The average molecular weight is 546 g/mol. The monoisotopic (exact) mass is 545 g/mol. The van der Waals surface area contributed by atoms with E-state index in [-0.39, 0.29) is 12.2 Å². The summed E-state index contributed by atoms with van der Waals surface area (Å²) in [5.41, 5.74) is 10.1. The van der Waals surface area contributed by atoms with Gasteiger partial charge in [-0.25, -0.2) is 14.8 Å². The molecule has 5 rings (SSSR count). The molecular weight excluding hydrogens is 506 g/mol. The number of nitrogen functional groups attached to an aromatic ring is 1. The van der Waals surface area contributed by atoms with Crippen molar-refractivity contribution in [1.82, 2.24) is 19.8 Å². The van der Waals surface area contributed by atoms with Crippen molar-refractivity contribution >= 4 is 29.1 Å². The Hall–Kier alpha value is -4.05. The number of ether oxygens (including phenoxy) is 2. The number of piperazine rings is 1. The van der Waals surface area contributed by atoms with E-state index >= 15 is 0 Å². The van der Waals surface area contributed by atoms with Crippen LogP contribution in [0.5, 0.6) is 5.75 Å². The summed E-state index contributed by atoms with van der Waals surface area (Å²) in [6.07, 6.45) is 1.99. The van der Waals surface area contributed by atoms with E-state index in [0.29, 0.717) is 30.5 Å². The summed E-state index contributed by atoms with van der Waals surface area (Å²) in [5, 5.41) is 3.31. The van der Waals surface area contributed by atoms with Crippen molar-refractivity contribution in [1.29, 1.82) is 0 Å². The number of aromatic nitrogens is 2. The Bertz CT molecular complexity index is 1320. The zero-order valence-electron chi connectivity index (χ0n) is 23.8. The summed E-state index contributed by atoms with van der Waals surface area (Å²) in [5.74, 6) is 1.10. The lowest BCUT2D eigenvalue weighted by atomic mass is 10.1. The third-order valence-electron chi connectivity index (χ3n) is 7.04. The van der Waals surface area contributed by atoms with Crippen molar-refractivity contribution < 1.29 is 14.3 Å². The van der Waals surface area contributed by atoms with Crippen LogP contribution in [0.1, 0.15) is 27.2 Å². The van der Waals surface area contributed by atoms with Crippen molar-refractivity contribution in [2.75, 3.05) is 62.3 Å². The Morgan fingerprint density at radius 2 is 1.77 bits per heavy atom. The Morgan fingerprint density at radius 1 is 1.02 bits per heavy atom. The first kappa shape index (κ1) is 27.5. The van der Waals surface area contributed by atoms with Crippen molar-refractivity contribution in [2.24, 2.45) is 0 Å². The minimum atomic E-state index is -0.526. The van der Waals surface area contributed by atoms with Gasteiger partial charge < -0.3 is 35.2 Å². The maximum absolute atomic E-state index is 12.4. The van der Waals surface area contributed by atoms with Crippen LogP contribution in [0.2, 0.25) is 0 Å². The molecule has 2 aliphatic rings. The minimum Gasteiger partial charge on any atom is -0.486 e. The van der Waals surface area contributed by atoms with E-state index in [1.165, 1.54) is 5.69 Å². The number of hydrogen-bond donors (Lipinski definition) is 2. The van der Waals surface area contributed by atoms with Gasteiger partial charge in [0.2, 0.25) is 5.95 Å². The molecular formula is C30H39N7O3. The Morgan fingerprint density at radius 3 is 2.48 bits per heavy atom. The van der Waals surface area contributed by atoms with E-state index in [4.69, 9.17) is 20.2 Å². The van der Waals surface area contributed by atoms with Gasteiger partial charge in [-0.15, -0.1) is 0 Å². The molecule has 3 N–H and O–H groups in total. The summed E-state index contributed by atoms with van der Waals surface area (Å²) in [4.78, 5) is 27.9. The first-order chi connectivity index (χ1) is 19.1. The number of anilines is 4. The van der Waals surface area contributed by atoms with Crippen LogP contribution in [0.4, 0.5) is 27.8 Å². The second kappa shape index (κ2) is 11.6. The van der Waals surface area contributed by atoms with E-state index in [0.717, 1.165) is 49.5 Å². The van der Waals surface area contributed by atoms with E-state index in [2.05, 4.69) is 51.4 Å². The standard InChI is InChI=1S/C30H39N7O3/c1-30(2,3)40-29(38)37-14-12-24(20-37)39-27-10-5-21(19-25(27)31)26-11-13-32-28(34-26)33-22-6-8-23(9-7-22)36-17-15-35(4)16-18-36/h5-11,13,19,24H,12,14-18,20,31H2,1-4H3,(H,32,33,34). The van der Waals surface area contributed by atoms with Gasteiger partial charge in [0, 0.05) is 62.3 Å². The summed E-state index contributed by atoms with van der Waals surface area (Å²) in [6.45, 7) is 10.9. The van der Waals surface area contributed by atoms with Gasteiger partial charge in [0.1, 0.15) is 17.5 Å². The molecule has 0 radical (unpaired) electrons. The van der Waals surface area contributed by atoms with Crippen LogP contribution < -0.4 is 20.7 Å². The molecule has 1 amide bonds. The average Bonchev–Trinajstić information content (AvgIpc) is 3.39. The predicted molar refractivity (Wildman–Crippen MR) is 158 cm³/mol. The van der Waals surface area contributed by atoms with Crippen LogP contribution >= 0.6 is 0 Å². The second-order valence-corrected chi connectivity index (χ2v) is 11.4. The van der Waals surface area contributed by atoms with Crippen molar-refractivity contribution in [3.63, 3.8) is 0 Å². The third-order valence-corrected chi connectivity index (χ3v) is 7.04. The Kier molecular flexibility index (Phi) is 7.97. The number of nitrogens with two attached hydrogens (primary N) is 1. The molecule has 1 unspecified atom stereocenters. The molecule has 10 heteroatoms. The molecule has 2 saturated heterocycles. The number of carbonyl (C=O) groups excluding carboxylic acids is 1. The fourth-order valence-electron chi connectivity index (χ4n) is 4.84. The van der Waals surface area contributed by atoms with Gasteiger partial charge in [0.25, 0.3) is 0 Å². The van der Waals surface area contributed by atoms with Gasteiger partial charge >= 0.3 is 6.09 Å². The summed E-state index contributed by atoms with van der Waals surface area (Å²) < 4.78 is 11.6. The van der Waals surface area contributed by atoms with Crippen LogP contribution in [-0.4, -0.2) is 83.9 Å². The van der Waals surface area contributed by atoms with Crippen molar-refractivity contribution in [3.05, 3.63) is 54.7 Å². The van der Waals surface area contributed by atoms with Crippen LogP contribution in [0.25, 0.3) is 11.3 Å². The molecule has 1 aromatic heterocycles. The number of likely N-dealkylation sites (tertiary alicyclic amines) is 1. The van der Waals surface area contributed by atoms with Gasteiger partial charge in [-0.2, -0.15) is 0 Å². The van der Waals surface area contributed by atoms with E-state index in [1.807, 2.05) is 45.0 Å². The molecule has 2 aliphatic heterocycles. The lowest BCUT2D eigenvalue weighted by molar-refractivity contribution is 0.0276. The maximum Gasteiger partial charge on any atom is 0.410 e. The van der Waals surface area contributed by atoms with E-state index in [9.17, 15) is 4.79 Å². The van der Waals surface area contributed by atoms with Gasteiger partial charge in [-0.3, -0.25) is 0 Å². The Labute approximate surface area is 236 Å². The van der Waals surface area contributed by atoms with Crippen LogP contribution in [0.3, 0.4) is 0 Å². The number of likely N-dealkylation sites (N-methyl/N-ethyl adjacent to an activating group) is 1. The number of nitrogens with one attached hydrogen (secondary N) is 1. The highest BCUT2D eigenvalue weighted by atomic mass is 16.6. The number of hydrogen-bond acceptors (Lipinski definition) is 9. The minimum absolute atomic E-state index is 0.141. The molecule has 3 aromatic rings. The molecule has 0 saturated carbocycles. The highest BCUT2D eigenvalue weighted by Gasteiger charge is 2.31. The molecule has 2 fully saturated rings. The molecule has 40 heavy (non-hydrogen) atoms. The summed E-state index contributed by atoms with van der Waals surface area (Å²) in [6, 6.07) is 15.9. The van der Waals surface area contributed by atoms with E-state index in [1.54, 1.807) is 11.1 Å². The lowest BCUT2D eigenvalue weighted by Gasteiger charge is -2.34. The number of nitrogens with zero attached hydrogens (tertiary/aromatic N) is 5. The third kappa shape index (κ3) is 6.93. The fourth-order valence-corrected chi connectivity index (χ4v) is 4.84. The molecule has 212 valence electrons. The predicted octanol–water partition coefficient (Wildman–Crippen LogP) is 4.61. The quantitative estimate of drug-likeness (QED) is 0.429. The first-order valence-electron chi connectivity index (χ1n) is 13.8. The molecule has 1 atom stereocenters. The zero-order valence-corrected chi connectivity index (χ0v) is 23.8. The van der Waals surface area contributed by atoms with Crippen LogP contribution in [-0.2, 0) is 4.74 Å². The number of benzene rings is 2. The summed E-state index contributed by atoms with van der Waals surface area (Å²) >= 11 is 0. The molecule has 0 bridgehead atoms. The van der Waals surface area contributed by atoms with Gasteiger partial charge in [-0.05, 0) is 76.3 Å². The SMILES string of the molecule is CN1CCN(c2ccc(Nc3nccc(-c4ccc(OC5CCN(C(=O)OC(C)(C)C)C5)c(N)c4)n3)cc2)CC1. The zero-order chi connectivity index (χ0) is 28.3. The van der Waals surface area contributed by atoms with Gasteiger partial charge in [0.05, 0.1) is 17.9 Å². The van der Waals surface area contributed by atoms with Crippen LogP contribution in [0, 0.1) is 0 Å². The molecule has 0 spiro atoms. The van der Waals surface area contributed by atoms with Crippen molar-refractivity contribution in [3.8, 4) is 17.0 Å². The highest BCUT2D eigenvalue weighted by molar-refractivity contribution is 5.70. The topological polar surface area (TPSA) is 109 Å². The molecule has 10 nitrogen and oxygen atoms in total. The maximum atomic E-state index is 12.4. The number of carbonyl (C=O) groups is 1. The highest BCUT2D eigenvalue weighted by Crippen LogP contribution is 2.30. The largest absolute Gasteiger partial charge is 0.486 e. The smallest absolute Gasteiger partial charge is 0.410 e. The molecule has 2 aromatic carbocycles. The second-order valence-electron chi connectivity index (χ2n) is 11.4. The van der Waals surface area contributed by atoms with Crippen molar-refractivity contribution in [2.45, 2.75) is 38.9 Å².